The predicted octanol–water partition coefficient (Wildman–Crippen LogP) is 1.14. The predicted molar refractivity (Wildman–Crippen MR) is 83.8 cm³/mol. The lowest BCUT2D eigenvalue weighted by Gasteiger charge is -2.35. The summed E-state index contributed by atoms with van der Waals surface area (Å²) in [7, 11) is 1.51. The Morgan fingerprint density at radius 1 is 1.22 bits per heavy atom. The van der Waals surface area contributed by atoms with Crippen molar-refractivity contribution < 1.29 is 14.3 Å². The number of hydrogen-bond donors (Lipinski definition) is 1. The lowest BCUT2D eigenvalue weighted by atomic mass is 9.93. The summed E-state index contributed by atoms with van der Waals surface area (Å²) >= 11 is 0. The second-order valence-electron chi connectivity index (χ2n) is 5.41. The van der Waals surface area contributed by atoms with Gasteiger partial charge < -0.3 is 15.4 Å². The van der Waals surface area contributed by atoms with Gasteiger partial charge in [-0.15, -0.1) is 0 Å². The van der Waals surface area contributed by atoms with Crippen LogP contribution in [0, 0.1) is 0 Å². The first kappa shape index (κ1) is 15.0. The van der Waals surface area contributed by atoms with Crippen LogP contribution in [0.25, 0.3) is 0 Å². The van der Waals surface area contributed by atoms with Gasteiger partial charge in [-0.3, -0.25) is 9.59 Å². The van der Waals surface area contributed by atoms with Crippen LogP contribution in [0.5, 0.6) is 5.88 Å². The number of nitrogens with zero attached hydrogens (tertiary/aromatic N) is 2. The Morgan fingerprint density at radius 2 is 1.96 bits per heavy atom. The van der Waals surface area contributed by atoms with Gasteiger partial charge >= 0.3 is 0 Å². The molecule has 1 aromatic heterocycles. The fraction of sp³-hybridized carbons (Fsp3) is 0.235. The molecule has 23 heavy (non-hydrogen) atoms. The van der Waals surface area contributed by atoms with Crippen LogP contribution in [-0.4, -0.2) is 34.8 Å². The first-order valence-corrected chi connectivity index (χ1v) is 7.27. The van der Waals surface area contributed by atoms with Crippen molar-refractivity contribution in [3.05, 3.63) is 59.3 Å². The molecular weight excluding hydrogens is 294 g/mol. The van der Waals surface area contributed by atoms with E-state index in [2.05, 4.69) is 4.98 Å². The lowest BCUT2D eigenvalue weighted by molar-refractivity contribution is -0.122. The maximum Gasteiger partial charge on any atom is 0.256 e. The Kier molecular flexibility index (Phi) is 3.97. The minimum absolute atomic E-state index is 0.265. The van der Waals surface area contributed by atoms with Gasteiger partial charge in [0.15, 0.2) is 0 Å². The Labute approximate surface area is 133 Å². The molecule has 118 valence electrons. The maximum absolute atomic E-state index is 12.8. The number of ether oxygens (including phenoxy) is 1. The highest BCUT2D eigenvalue weighted by Crippen LogP contribution is 2.25. The molecule has 2 N–H and O–H groups in total. The molecule has 2 aromatic rings. The largest absolute Gasteiger partial charge is 0.481 e. The zero-order chi connectivity index (χ0) is 16.4. The summed E-state index contributed by atoms with van der Waals surface area (Å²) in [6.07, 6.45) is 1.88. The summed E-state index contributed by atoms with van der Waals surface area (Å²) in [4.78, 5) is 30.1. The van der Waals surface area contributed by atoms with Crippen molar-refractivity contribution in [1.82, 2.24) is 9.88 Å². The number of hydrogen-bond acceptors (Lipinski definition) is 4. The van der Waals surface area contributed by atoms with Crippen LogP contribution in [0.2, 0.25) is 0 Å². The number of carbonyl (C=O) groups excluding carboxylic acids is 2. The normalized spacial score (nSPS) is 16.6. The Morgan fingerprint density at radius 3 is 2.57 bits per heavy atom. The number of pyridine rings is 1. The minimum atomic E-state index is -0.653. The minimum Gasteiger partial charge on any atom is -0.481 e. The van der Waals surface area contributed by atoms with Crippen molar-refractivity contribution >= 4 is 11.8 Å². The topological polar surface area (TPSA) is 85.5 Å². The summed E-state index contributed by atoms with van der Waals surface area (Å²) in [6.45, 7) is 0.356. The van der Waals surface area contributed by atoms with E-state index in [1.165, 1.54) is 18.2 Å². The highest BCUT2D eigenvalue weighted by Gasteiger charge is 2.33. The number of amides is 2. The molecule has 0 radical (unpaired) electrons. The first-order chi connectivity index (χ1) is 11.1. The molecule has 1 aliphatic rings. The Balaban J connectivity index is 1.92. The molecule has 2 amide bonds. The van der Waals surface area contributed by atoms with E-state index in [4.69, 9.17) is 10.5 Å². The van der Waals surface area contributed by atoms with Crippen molar-refractivity contribution in [3.8, 4) is 5.88 Å². The number of rotatable bonds is 3. The van der Waals surface area contributed by atoms with Gasteiger partial charge in [0, 0.05) is 25.2 Å². The number of primary amides is 1. The molecule has 0 spiro atoms. The smallest absolute Gasteiger partial charge is 0.256 e. The van der Waals surface area contributed by atoms with Crippen LogP contribution in [0.1, 0.15) is 21.5 Å². The molecular formula is C17H17N3O3. The SMILES string of the molecule is COc1ccc(C(=O)N2Cc3ccccc3CC2C(N)=O)cn1. The van der Waals surface area contributed by atoms with Crippen molar-refractivity contribution in [3.63, 3.8) is 0 Å². The number of carbonyl (C=O) groups is 2. The molecule has 0 bridgehead atoms. The van der Waals surface area contributed by atoms with Gasteiger partial charge in [-0.2, -0.15) is 0 Å². The summed E-state index contributed by atoms with van der Waals surface area (Å²) in [5.74, 6) is -0.343. The van der Waals surface area contributed by atoms with Crippen LogP contribution >= 0.6 is 0 Å². The third-order valence-corrected chi connectivity index (χ3v) is 4.03. The molecule has 1 atom stereocenters. The van der Waals surface area contributed by atoms with Gasteiger partial charge in [0.25, 0.3) is 5.91 Å². The van der Waals surface area contributed by atoms with Gasteiger partial charge in [0.05, 0.1) is 12.7 Å². The molecule has 3 rings (SSSR count). The molecule has 1 aromatic carbocycles. The van der Waals surface area contributed by atoms with Crippen molar-refractivity contribution in [2.24, 2.45) is 5.73 Å². The van der Waals surface area contributed by atoms with E-state index in [1.54, 1.807) is 12.1 Å². The van der Waals surface area contributed by atoms with E-state index in [9.17, 15) is 9.59 Å². The van der Waals surface area contributed by atoms with Crippen molar-refractivity contribution in [2.75, 3.05) is 7.11 Å². The maximum atomic E-state index is 12.8. The Bertz CT molecular complexity index is 743. The average Bonchev–Trinajstić information content (AvgIpc) is 2.60. The molecule has 6 nitrogen and oxygen atoms in total. The molecule has 2 heterocycles. The fourth-order valence-electron chi connectivity index (χ4n) is 2.78. The van der Waals surface area contributed by atoms with Crippen LogP contribution in [-0.2, 0) is 17.8 Å². The third-order valence-electron chi connectivity index (χ3n) is 4.03. The number of fused-ring (bicyclic) bond motifs is 1. The highest BCUT2D eigenvalue weighted by atomic mass is 16.5. The van der Waals surface area contributed by atoms with Crippen LogP contribution in [0.15, 0.2) is 42.6 Å². The molecule has 0 saturated heterocycles. The second kappa shape index (κ2) is 6.08. The van der Waals surface area contributed by atoms with E-state index in [-0.39, 0.29) is 5.91 Å². The quantitative estimate of drug-likeness (QED) is 0.921. The Hall–Kier alpha value is -2.89. The summed E-state index contributed by atoms with van der Waals surface area (Å²) < 4.78 is 4.99. The van der Waals surface area contributed by atoms with Gasteiger partial charge in [-0.1, -0.05) is 24.3 Å². The molecule has 0 saturated carbocycles. The van der Waals surface area contributed by atoms with Gasteiger partial charge in [0.2, 0.25) is 11.8 Å². The summed E-state index contributed by atoms with van der Waals surface area (Å²) in [6, 6.07) is 10.3. The molecule has 0 aliphatic carbocycles. The van der Waals surface area contributed by atoms with E-state index >= 15 is 0 Å². The standard InChI is InChI=1S/C17H17N3O3/c1-23-15-7-6-12(9-19-15)17(22)20-10-13-5-3-2-4-11(13)8-14(20)16(18)21/h2-7,9,14H,8,10H2,1H3,(H2,18,21). The van der Waals surface area contributed by atoms with E-state index in [1.807, 2.05) is 24.3 Å². The van der Waals surface area contributed by atoms with Crippen LogP contribution in [0.3, 0.4) is 0 Å². The third kappa shape index (κ3) is 2.88. The molecule has 6 heteroatoms. The lowest BCUT2D eigenvalue weighted by Crippen LogP contribution is -2.51. The van der Waals surface area contributed by atoms with Crippen LogP contribution < -0.4 is 10.5 Å². The van der Waals surface area contributed by atoms with Gasteiger partial charge in [-0.25, -0.2) is 4.98 Å². The van der Waals surface area contributed by atoms with Crippen molar-refractivity contribution in [1.29, 1.82) is 0 Å². The zero-order valence-corrected chi connectivity index (χ0v) is 12.7. The van der Waals surface area contributed by atoms with Crippen molar-refractivity contribution in [2.45, 2.75) is 19.0 Å². The zero-order valence-electron chi connectivity index (χ0n) is 12.7. The number of methoxy groups -OCH3 is 1. The molecule has 1 aliphatic heterocycles. The number of aromatic nitrogens is 1. The monoisotopic (exact) mass is 311 g/mol. The number of nitrogens with two attached hydrogens (primary N) is 1. The highest BCUT2D eigenvalue weighted by molar-refractivity contribution is 5.97. The van der Waals surface area contributed by atoms with E-state index in [0.717, 1.165) is 11.1 Å². The molecule has 0 fully saturated rings. The summed E-state index contributed by atoms with van der Waals surface area (Å²) in [5.41, 5.74) is 7.98. The van der Waals surface area contributed by atoms with Crippen LogP contribution in [0.4, 0.5) is 0 Å². The second-order valence-corrected chi connectivity index (χ2v) is 5.41. The van der Waals surface area contributed by atoms with Gasteiger partial charge in [-0.05, 0) is 17.2 Å². The number of benzene rings is 1. The molecule has 1 unspecified atom stereocenters. The van der Waals surface area contributed by atoms with E-state index in [0.29, 0.717) is 24.4 Å². The summed E-state index contributed by atoms with van der Waals surface area (Å²) in [5, 5.41) is 0. The van der Waals surface area contributed by atoms with Gasteiger partial charge in [0.1, 0.15) is 6.04 Å². The first-order valence-electron chi connectivity index (χ1n) is 7.27. The van der Waals surface area contributed by atoms with E-state index < -0.39 is 11.9 Å². The fourth-order valence-corrected chi connectivity index (χ4v) is 2.78. The average molecular weight is 311 g/mol.